The Morgan fingerprint density at radius 1 is 1.12 bits per heavy atom. The van der Waals surface area contributed by atoms with Crippen LogP contribution in [0.1, 0.15) is 32.3 Å². The number of aromatic nitrogens is 2. The molecular formula is C25H37N7O2. The van der Waals surface area contributed by atoms with Gasteiger partial charge in [0, 0.05) is 51.5 Å². The van der Waals surface area contributed by atoms with Crippen molar-refractivity contribution < 1.29 is 4.79 Å². The number of amides is 1. The number of anilines is 1. The van der Waals surface area contributed by atoms with E-state index in [0.29, 0.717) is 44.0 Å². The molecule has 9 nitrogen and oxygen atoms in total. The third-order valence-electron chi connectivity index (χ3n) is 6.74. The summed E-state index contributed by atoms with van der Waals surface area (Å²) in [6.45, 7) is 7.74. The molecule has 4 N–H and O–H groups in total. The predicted molar refractivity (Wildman–Crippen MR) is 134 cm³/mol. The minimum absolute atomic E-state index is 0.0580. The van der Waals surface area contributed by atoms with Crippen LogP contribution in [0.25, 0.3) is 5.69 Å². The largest absolute Gasteiger partial charge is 0.354 e. The van der Waals surface area contributed by atoms with Gasteiger partial charge in [-0.15, -0.1) is 0 Å². The summed E-state index contributed by atoms with van der Waals surface area (Å²) in [5.74, 6) is 1.28. The molecule has 2 aliphatic rings. The summed E-state index contributed by atoms with van der Waals surface area (Å²) in [4.78, 5) is 35.6. The molecule has 1 saturated carbocycles. The number of carbonyl (C=O) groups is 1. The lowest BCUT2D eigenvalue weighted by Gasteiger charge is -2.37. The van der Waals surface area contributed by atoms with Crippen molar-refractivity contribution in [3.8, 4) is 5.69 Å². The highest BCUT2D eigenvalue weighted by atomic mass is 16.2. The first-order valence-electron chi connectivity index (χ1n) is 12.1. The minimum Gasteiger partial charge on any atom is -0.353 e. The van der Waals surface area contributed by atoms with Gasteiger partial charge in [0.2, 0.25) is 5.91 Å². The fourth-order valence-electron chi connectivity index (χ4n) is 4.83. The molecule has 1 amide bonds. The Kier molecular flexibility index (Phi) is 7.06. The zero-order chi connectivity index (χ0) is 24.5. The normalized spacial score (nSPS) is 21.0. The molecule has 2 aromatic rings. The quantitative estimate of drug-likeness (QED) is 0.619. The number of hydrogen-bond donors (Lipinski definition) is 2. The molecule has 2 heterocycles. The highest BCUT2D eigenvalue weighted by molar-refractivity contribution is 5.85. The number of carbonyl (C=O) groups excluding carboxylic acids is 1. The molecular weight excluding hydrogens is 430 g/mol. The van der Waals surface area contributed by atoms with Crippen LogP contribution in [-0.2, 0) is 11.3 Å². The van der Waals surface area contributed by atoms with Crippen molar-refractivity contribution >= 4 is 11.7 Å². The minimum atomic E-state index is -0.878. The number of rotatable bonds is 7. The Hall–Kier alpha value is -2.75. The molecule has 1 aliphatic heterocycles. The van der Waals surface area contributed by atoms with Crippen LogP contribution in [0.5, 0.6) is 0 Å². The summed E-state index contributed by atoms with van der Waals surface area (Å²) in [6.07, 6.45) is 4.01. The summed E-state index contributed by atoms with van der Waals surface area (Å²) in [5, 5.41) is 0. The highest BCUT2D eigenvalue weighted by Crippen LogP contribution is 2.26. The standard InChI is InChI=1S/C25H37N7O2/c1-25(2,27)23(33)31-12-10-30(11-13-31)22-8-9-32(24(34)28-22)21-6-4-18(5-7-21)16-29(3)17-19-14-20(26)15-19/h4-9,19-20H,10-17,26-27H2,1-3H3. The van der Waals surface area contributed by atoms with Crippen LogP contribution in [-0.4, -0.2) is 76.6 Å². The number of nitrogens with two attached hydrogens (primary N) is 2. The van der Waals surface area contributed by atoms with Gasteiger partial charge in [-0.1, -0.05) is 12.1 Å². The Morgan fingerprint density at radius 3 is 2.32 bits per heavy atom. The van der Waals surface area contributed by atoms with E-state index >= 15 is 0 Å². The molecule has 2 fully saturated rings. The molecule has 9 heteroatoms. The van der Waals surface area contributed by atoms with Crippen LogP contribution in [0.2, 0.25) is 0 Å². The van der Waals surface area contributed by atoms with Gasteiger partial charge in [-0.25, -0.2) is 4.79 Å². The van der Waals surface area contributed by atoms with Gasteiger partial charge in [-0.3, -0.25) is 9.36 Å². The van der Waals surface area contributed by atoms with Gasteiger partial charge in [0.15, 0.2) is 0 Å². The molecule has 0 bridgehead atoms. The van der Waals surface area contributed by atoms with Crippen LogP contribution in [0.4, 0.5) is 5.82 Å². The number of nitrogens with zero attached hydrogens (tertiary/aromatic N) is 5. The van der Waals surface area contributed by atoms with Crippen LogP contribution in [0, 0.1) is 5.92 Å². The molecule has 1 aromatic carbocycles. The summed E-state index contributed by atoms with van der Waals surface area (Å²) >= 11 is 0. The van der Waals surface area contributed by atoms with Crippen molar-refractivity contribution in [2.75, 3.05) is 44.7 Å². The van der Waals surface area contributed by atoms with E-state index in [1.54, 1.807) is 29.5 Å². The van der Waals surface area contributed by atoms with Crippen molar-refractivity contribution in [2.24, 2.45) is 17.4 Å². The van der Waals surface area contributed by atoms with E-state index in [1.807, 2.05) is 23.1 Å². The molecule has 1 saturated heterocycles. The lowest BCUT2D eigenvalue weighted by Crippen LogP contribution is -2.57. The molecule has 0 unspecified atom stereocenters. The Labute approximate surface area is 201 Å². The SMILES string of the molecule is CN(Cc1ccc(-n2ccc(N3CCN(C(=O)C(C)(C)N)CC3)nc2=O)cc1)CC1CC(N)C1. The monoisotopic (exact) mass is 467 g/mol. The first-order valence-corrected chi connectivity index (χ1v) is 12.1. The number of benzene rings is 1. The second-order valence-corrected chi connectivity index (χ2v) is 10.4. The molecule has 4 rings (SSSR count). The summed E-state index contributed by atoms with van der Waals surface area (Å²) in [7, 11) is 2.14. The number of hydrogen-bond acceptors (Lipinski definition) is 7. The van der Waals surface area contributed by atoms with Crippen LogP contribution < -0.4 is 22.1 Å². The average Bonchev–Trinajstić information content (AvgIpc) is 2.77. The van der Waals surface area contributed by atoms with Gasteiger partial charge in [0.05, 0.1) is 11.2 Å². The maximum Gasteiger partial charge on any atom is 0.354 e. The van der Waals surface area contributed by atoms with Gasteiger partial charge in [0.1, 0.15) is 5.82 Å². The van der Waals surface area contributed by atoms with Crippen molar-refractivity contribution in [3.05, 3.63) is 52.6 Å². The Bertz CT molecular complexity index is 1050. The van der Waals surface area contributed by atoms with Gasteiger partial charge in [0.25, 0.3) is 0 Å². The fourth-order valence-corrected chi connectivity index (χ4v) is 4.83. The lowest BCUT2D eigenvalue weighted by atomic mass is 9.80. The fraction of sp³-hybridized carbons (Fsp3) is 0.560. The molecule has 0 spiro atoms. The highest BCUT2D eigenvalue weighted by Gasteiger charge is 2.30. The number of piperazine rings is 1. The van der Waals surface area contributed by atoms with E-state index in [2.05, 4.69) is 29.1 Å². The van der Waals surface area contributed by atoms with Gasteiger partial charge >= 0.3 is 5.69 Å². The first kappa shape index (κ1) is 24.4. The second-order valence-electron chi connectivity index (χ2n) is 10.4. The van der Waals surface area contributed by atoms with Gasteiger partial charge < -0.3 is 26.2 Å². The molecule has 1 aromatic heterocycles. The van der Waals surface area contributed by atoms with E-state index in [4.69, 9.17) is 11.5 Å². The van der Waals surface area contributed by atoms with E-state index in [1.165, 1.54) is 5.56 Å². The smallest absolute Gasteiger partial charge is 0.353 e. The Morgan fingerprint density at radius 2 is 1.76 bits per heavy atom. The van der Waals surface area contributed by atoms with Gasteiger partial charge in [-0.2, -0.15) is 4.98 Å². The molecule has 1 aliphatic carbocycles. The van der Waals surface area contributed by atoms with E-state index in [9.17, 15) is 9.59 Å². The third-order valence-corrected chi connectivity index (χ3v) is 6.74. The van der Waals surface area contributed by atoms with Crippen molar-refractivity contribution in [3.63, 3.8) is 0 Å². The topological polar surface area (TPSA) is 114 Å². The first-order chi connectivity index (χ1) is 16.1. The Balaban J connectivity index is 1.35. The van der Waals surface area contributed by atoms with Crippen molar-refractivity contribution in [2.45, 2.75) is 44.8 Å². The zero-order valence-electron chi connectivity index (χ0n) is 20.5. The predicted octanol–water partition coefficient (Wildman–Crippen LogP) is 0.788. The maximum absolute atomic E-state index is 12.8. The zero-order valence-corrected chi connectivity index (χ0v) is 20.5. The summed E-state index contributed by atoms with van der Waals surface area (Å²) in [5.41, 5.74) is 12.6. The van der Waals surface area contributed by atoms with Crippen LogP contribution in [0.15, 0.2) is 41.3 Å². The molecule has 34 heavy (non-hydrogen) atoms. The van der Waals surface area contributed by atoms with E-state index < -0.39 is 5.54 Å². The maximum atomic E-state index is 12.8. The lowest BCUT2D eigenvalue weighted by molar-refractivity contribution is -0.136. The van der Waals surface area contributed by atoms with Crippen LogP contribution in [0.3, 0.4) is 0 Å². The molecule has 0 radical (unpaired) electrons. The summed E-state index contributed by atoms with van der Waals surface area (Å²) in [6, 6.07) is 10.3. The van der Waals surface area contributed by atoms with E-state index in [0.717, 1.165) is 31.6 Å². The summed E-state index contributed by atoms with van der Waals surface area (Å²) < 4.78 is 1.56. The van der Waals surface area contributed by atoms with Crippen molar-refractivity contribution in [1.82, 2.24) is 19.4 Å². The van der Waals surface area contributed by atoms with Crippen molar-refractivity contribution in [1.29, 1.82) is 0 Å². The second kappa shape index (κ2) is 9.85. The van der Waals surface area contributed by atoms with E-state index in [-0.39, 0.29) is 11.6 Å². The molecule has 184 valence electrons. The molecule has 0 atom stereocenters. The average molecular weight is 468 g/mol. The third kappa shape index (κ3) is 5.65. The van der Waals surface area contributed by atoms with Gasteiger partial charge in [-0.05, 0) is 63.4 Å². The van der Waals surface area contributed by atoms with Crippen LogP contribution >= 0.6 is 0 Å².